The van der Waals surface area contributed by atoms with Gasteiger partial charge in [0.1, 0.15) is 5.82 Å². The molecule has 0 atom stereocenters. The summed E-state index contributed by atoms with van der Waals surface area (Å²) in [6.07, 6.45) is 11.2. The van der Waals surface area contributed by atoms with Crippen LogP contribution in [0.5, 0.6) is 0 Å². The monoisotopic (exact) mass is 331 g/mol. The summed E-state index contributed by atoms with van der Waals surface area (Å²) in [6, 6.07) is 0. The van der Waals surface area contributed by atoms with E-state index in [0.717, 1.165) is 37.6 Å². The van der Waals surface area contributed by atoms with Gasteiger partial charge in [-0.05, 0) is 12.8 Å². The normalized spacial score (nSPS) is 19.7. The fourth-order valence-electron chi connectivity index (χ4n) is 3.72. The molecule has 1 fully saturated rings. The van der Waals surface area contributed by atoms with Crippen molar-refractivity contribution in [2.45, 2.75) is 57.5 Å². The van der Waals surface area contributed by atoms with Crippen LogP contribution in [-0.4, -0.2) is 31.6 Å². The summed E-state index contributed by atoms with van der Waals surface area (Å²) in [5.41, 5.74) is 3.48. The first kappa shape index (κ1) is 15.1. The Hall–Kier alpha value is -1.46. The number of nitrogens with one attached hydrogen (secondary N) is 1. The van der Waals surface area contributed by atoms with Crippen LogP contribution in [0.4, 0.5) is 0 Å². The molecule has 1 N–H and O–H groups in total. The number of hydrogen-bond acceptors (Lipinski definition) is 4. The summed E-state index contributed by atoms with van der Waals surface area (Å²) < 4.78 is 0. The molecule has 1 aliphatic heterocycles. The minimum absolute atomic E-state index is 0.580. The van der Waals surface area contributed by atoms with Gasteiger partial charge in [-0.2, -0.15) is 5.10 Å². The third-order valence-corrected chi connectivity index (χ3v) is 5.38. The highest BCUT2D eigenvalue weighted by molar-refractivity contribution is 6.31. The van der Waals surface area contributed by atoms with Crippen LogP contribution < -0.4 is 0 Å². The Balaban J connectivity index is 1.46. The van der Waals surface area contributed by atoms with Crippen LogP contribution in [-0.2, 0) is 19.5 Å². The molecule has 0 bridgehead atoms. The first-order valence-electron chi connectivity index (χ1n) is 8.54. The van der Waals surface area contributed by atoms with Crippen LogP contribution in [0.15, 0.2) is 12.4 Å². The molecule has 6 heteroatoms. The summed E-state index contributed by atoms with van der Waals surface area (Å²) in [4.78, 5) is 11.9. The number of H-pyrrole nitrogens is 1. The van der Waals surface area contributed by atoms with Gasteiger partial charge in [0.2, 0.25) is 0 Å². The molecule has 23 heavy (non-hydrogen) atoms. The Morgan fingerprint density at radius 1 is 1.22 bits per heavy atom. The van der Waals surface area contributed by atoms with Crippen molar-refractivity contribution in [2.24, 2.45) is 0 Å². The molecule has 0 aromatic carbocycles. The van der Waals surface area contributed by atoms with E-state index in [1.165, 1.54) is 43.4 Å². The zero-order valence-corrected chi connectivity index (χ0v) is 14.0. The van der Waals surface area contributed by atoms with Crippen LogP contribution >= 0.6 is 11.6 Å². The molecule has 0 amide bonds. The molecular formula is C17H22ClN5. The lowest BCUT2D eigenvalue weighted by atomic mass is 9.88. The van der Waals surface area contributed by atoms with Gasteiger partial charge in [0, 0.05) is 49.4 Å². The maximum atomic E-state index is 6.12. The first-order chi connectivity index (χ1) is 11.3. The predicted octanol–water partition coefficient (Wildman–Crippen LogP) is 3.46. The first-order valence-corrected chi connectivity index (χ1v) is 8.92. The van der Waals surface area contributed by atoms with Crippen LogP contribution in [0, 0.1) is 0 Å². The Morgan fingerprint density at radius 3 is 2.87 bits per heavy atom. The summed E-state index contributed by atoms with van der Waals surface area (Å²) in [5, 5.41) is 7.67. The van der Waals surface area contributed by atoms with Crippen LogP contribution in [0.1, 0.15) is 60.8 Å². The van der Waals surface area contributed by atoms with Gasteiger partial charge in [0.15, 0.2) is 0 Å². The van der Waals surface area contributed by atoms with Crippen molar-refractivity contribution in [3.8, 4) is 0 Å². The van der Waals surface area contributed by atoms with E-state index >= 15 is 0 Å². The quantitative estimate of drug-likeness (QED) is 0.935. The van der Waals surface area contributed by atoms with Gasteiger partial charge in [-0.25, -0.2) is 9.97 Å². The second-order valence-electron chi connectivity index (χ2n) is 6.69. The second-order valence-corrected chi connectivity index (χ2v) is 7.10. The van der Waals surface area contributed by atoms with Crippen molar-refractivity contribution < 1.29 is 0 Å². The SMILES string of the molecule is Clc1cn[nH]c1CN1CCc2nc(C3CCCCC3)ncc2C1. The van der Waals surface area contributed by atoms with E-state index in [-0.39, 0.29) is 0 Å². The van der Waals surface area contributed by atoms with Gasteiger partial charge in [-0.1, -0.05) is 30.9 Å². The van der Waals surface area contributed by atoms with Crippen molar-refractivity contribution in [2.75, 3.05) is 6.54 Å². The number of aromatic amines is 1. The molecule has 1 saturated carbocycles. The molecular weight excluding hydrogens is 310 g/mol. The van der Waals surface area contributed by atoms with Crippen LogP contribution in [0.25, 0.3) is 0 Å². The van der Waals surface area contributed by atoms with Crippen LogP contribution in [0.2, 0.25) is 5.02 Å². The van der Waals surface area contributed by atoms with Crippen molar-refractivity contribution >= 4 is 11.6 Å². The number of hydrogen-bond donors (Lipinski definition) is 1. The van der Waals surface area contributed by atoms with E-state index in [1.807, 2.05) is 6.20 Å². The standard InChI is InChI=1S/C17H22ClN5/c18-14-9-20-22-16(14)11-23-7-6-15-13(10-23)8-19-17(21-15)12-4-2-1-3-5-12/h8-9,12H,1-7,10-11H2,(H,20,22). The molecule has 0 unspecified atom stereocenters. The molecule has 0 radical (unpaired) electrons. The van der Waals surface area contributed by atoms with Gasteiger partial charge >= 0.3 is 0 Å². The Bertz CT molecular complexity index is 677. The van der Waals surface area contributed by atoms with E-state index < -0.39 is 0 Å². The number of nitrogens with zero attached hydrogens (tertiary/aromatic N) is 4. The summed E-state index contributed by atoms with van der Waals surface area (Å²) in [7, 11) is 0. The van der Waals surface area contributed by atoms with E-state index in [1.54, 1.807) is 6.20 Å². The topological polar surface area (TPSA) is 57.7 Å². The maximum Gasteiger partial charge on any atom is 0.131 e. The van der Waals surface area contributed by atoms with Gasteiger partial charge in [0.05, 0.1) is 16.9 Å². The molecule has 2 aromatic rings. The van der Waals surface area contributed by atoms with Crippen molar-refractivity contribution in [3.63, 3.8) is 0 Å². The fourth-order valence-corrected chi connectivity index (χ4v) is 3.87. The van der Waals surface area contributed by atoms with E-state index in [4.69, 9.17) is 16.6 Å². The van der Waals surface area contributed by atoms with E-state index in [2.05, 4.69) is 20.1 Å². The maximum absolute atomic E-state index is 6.12. The lowest BCUT2D eigenvalue weighted by molar-refractivity contribution is 0.239. The largest absolute Gasteiger partial charge is 0.293 e. The minimum atomic E-state index is 0.580. The Labute approximate surface area is 141 Å². The molecule has 2 aliphatic rings. The number of fused-ring (bicyclic) bond motifs is 1. The third kappa shape index (κ3) is 3.26. The van der Waals surface area contributed by atoms with Gasteiger partial charge in [-0.3, -0.25) is 10.00 Å². The number of halogens is 1. The molecule has 2 aromatic heterocycles. The van der Waals surface area contributed by atoms with Gasteiger partial charge < -0.3 is 0 Å². The zero-order chi connectivity index (χ0) is 15.6. The highest BCUT2D eigenvalue weighted by Crippen LogP contribution is 2.31. The molecule has 122 valence electrons. The van der Waals surface area contributed by atoms with Crippen molar-refractivity contribution in [1.29, 1.82) is 0 Å². The molecule has 0 spiro atoms. The van der Waals surface area contributed by atoms with Crippen LogP contribution in [0.3, 0.4) is 0 Å². The third-order valence-electron chi connectivity index (χ3n) is 5.05. The number of rotatable bonds is 3. The minimum Gasteiger partial charge on any atom is -0.293 e. The van der Waals surface area contributed by atoms with Crippen molar-refractivity contribution in [3.05, 3.63) is 40.2 Å². The van der Waals surface area contributed by atoms with E-state index in [0.29, 0.717) is 10.9 Å². The second kappa shape index (κ2) is 6.57. The molecule has 4 rings (SSSR count). The van der Waals surface area contributed by atoms with Gasteiger partial charge in [-0.15, -0.1) is 0 Å². The zero-order valence-electron chi connectivity index (χ0n) is 13.3. The van der Waals surface area contributed by atoms with E-state index in [9.17, 15) is 0 Å². The van der Waals surface area contributed by atoms with Crippen molar-refractivity contribution in [1.82, 2.24) is 25.1 Å². The highest BCUT2D eigenvalue weighted by Gasteiger charge is 2.23. The summed E-state index contributed by atoms with van der Waals surface area (Å²) in [6.45, 7) is 2.68. The lowest BCUT2D eigenvalue weighted by Gasteiger charge is -2.28. The molecule has 3 heterocycles. The predicted molar refractivity (Wildman–Crippen MR) is 89.3 cm³/mol. The molecule has 1 aliphatic carbocycles. The summed E-state index contributed by atoms with van der Waals surface area (Å²) >= 11 is 6.12. The average Bonchev–Trinajstić information content (AvgIpc) is 3.00. The highest BCUT2D eigenvalue weighted by atomic mass is 35.5. The lowest BCUT2D eigenvalue weighted by Crippen LogP contribution is -2.31. The summed E-state index contributed by atoms with van der Waals surface area (Å²) in [5.74, 6) is 1.66. The fraction of sp³-hybridized carbons (Fsp3) is 0.588. The van der Waals surface area contributed by atoms with Gasteiger partial charge in [0.25, 0.3) is 0 Å². The number of aromatic nitrogens is 4. The molecule has 5 nitrogen and oxygen atoms in total. The smallest absolute Gasteiger partial charge is 0.131 e. The average molecular weight is 332 g/mol. The Kier molecular flexibility index (Phi) is 4.31. The molecule has 0 saturated heterocycles. The Morgan fingerprint density at radius 2 is 2.09 bits per heavy atom.